The van der Waals surface area contributed by atoms with E-state index in [2.05, 4.69) is 41.3 Å². The lowest BCUT2D eigenvalue weighted by atomic mass is 10.1. The SMILES string of the molecule is CCCCCCCCNc1ccc[n+](CCCCCCCCCCCl)c1. The Labute approximate surface area is 167 Å². The van der Waals surface area contributed by atoms with Gasteiger partial charge in [-0.05, 0) is 25.3 Å². The Morgan fingerprint density at radius 2 is 1.42 bits per heavy atom. The largest absolute Gasteiger partial charge is 0.380 e. The highest BCUT2D eigenvalue weighted by molar-refractivity contribution is 6.17. The maximum absolute atomic E-state index is 5.70. The molecule has 0 aromatic carbocycles. The maximum Gasteiger partial charge on any atom is 0.192 e. The molecule has 0 radical (unpaired) electrons. The standard InChI is InChI=1S/C23H42ClN2/c1-2-3-4-5-11-14-19-25-23-17-16-21-26(22-23)20-15-12-9-7-6-8-10-13-18-24/h16-17,21-22,25H,2-15,18-20H2,1H3/q+1. The first-order valence-electron chi connectivity index (χ1n) is 11.2. The molecule has 0 aliphatic carbocycles. The Kier molecular flexibility index (Phi) is 15.8. The van der Waals surface area contributed by atoms with E-state index in [1.54, 1.807) is 0 Å². The maximum atomic E-state index is 5.70. The topological polar surface area (TPSA) is 15.9 Å². The van der Waals surface area contributed by atoms with Crippen LogP contribution in [0, 0.1) is 0 Å². The average molecular weight is 382 g/mol. The molecule has 3 heteroatoms. The minimum Gasteiger partial charge on any atom is -0.380 e. The molecule has 0 aliphatic heterocycles. The molecule has 0 amide bonds. The van der Waals surface area contributed by atoms with Gasteiger partial charge in [0.15, 0.2) is 12.4 Å². The number of alkyl halides is 1. The van der Waals surface area contributed by atoms with Crippen LogP contribution in [0.15, 0.2) is 24.5 Å². The smallest absolute Gasteiger partial charge is 0.192 e. The highest BCUT2D eigenvalue weighted by Gasteiger charge is 2.02. The molecule has 0 saturated heterocycles. The first kappa shape index (κ1) is 23.3. The van der Waals surface area contributed by atoms with Crippen molar-refractivity contribution in [1.82, 2.24) is 0 Å². The molecule has 0 aliphatic rings. The molecule has 0 spiro atoms. The Hall–Kier alpha value is -0.760. The highest BCUT2D eigenvalue weighted by Crippen LogP contribution is 2.10. The van der Waals surface area contributed by atoms with E-state index in [4.69, 9.17) is 11.6 Å². The van der Waals surface area contributed by atoms with Crippen molar-refractivity contribution in [1.29, 1.82) is 0 Å². The third kappa shape index (κ3) is 13.4. The van der Waals surface area contributed by atoms with E-state index in [9.17, 15) is 0 Å². The van der Waals surface area contributed by atoms with Crippen LogP contribution in [0.25, 0.3) is 0 Å². The molecular formula is C23H42ClN2+. The lowest BCUT2D eigenvalue weighted by Crippen LogP contribution is -2.33. The van der Waals surface area contributed by atoms with Crippen LogP contribution in [0.2, 0.25) is 0 Å². The number of anilines is 1. The van der Waals surface area contributed by atoms with Crippen molar-refractivity contribution in [2.24, 2.45) is 0 Å². The molecule has 0 atom stereocenters. The van der Waals surface area contributed by atoms with E-state index < -0.39 is 0 Å². The van der Waals surface area contributed by atoms with Crippen LogP contribution in [0.1, 0.15) is 96.8 Å². The summed E-state index contributed by atoms with van der Waals surface area (Å²) in [5.74, 6) is 0.824. The van der Waals surface area contributed by atoms with Crippen molar-refractivity contribution >= 4 is 17.3 Å². The van der Waals surface area contributed by atoms with Crippen LogP contribution in [0.4, 0.5) is 5.69 Å². The molecule has 1 rings (SSSR count). The van der Waals surface area contributed by atoms with Gasteiger partial charge in [0.05, 0.1) is 5.69 Å². The summed E-state index contributed by atoms with van der Waals surface area (Å²) in [7, 11) is 0. The summed E-state index contributed by atoms with van der Waals surface area (Å²) in [6.45, 7) is 4.51. The van der Waals surface area contributed by atoms with E-state index in [-0.39, 0.29) is 0 Å². The van der Waals surface area contributed by atoms with Crippen LogP contribution in [0.3, 0.4) is 0 Å². The summed E-state index contributed by atoms with van der Waals surface area (Å²) in [6.07, 6.45) is 23.2. The van der Waals surface area contributed by atoms with Gasteiger partial charge in [0.2, 0.25) is 0 Å². The van der Waals surface area contributed by atoms with Gasteiger partial charge in [-0.15, -0.1) is 11.6 Å². The fourth-order valence-corrected chi connectivity index (χ4v) is 3.54. The van der Waals surface area contributed by atoms with Crippen molar-refractivity contribution < 1.29 is 4.57 Å². The number of hydrogen-bond donors (Lipinski definition) is 1. The zero-order chi connectivity index (χ0) is 18.7. The lowest BCUT2D eigenvalue weighted by molar-refractivity contribution is -0.696. The highest BCUT2D eigenvalue weighted by atomic mass is 35.5. The Bertz CT molecular complexity index is 422. The number of aromatic nitrogens is 1. The van der Waals surface area contributed by atoms with Gasteiger partial charge in [-0.3, -0.25) is 0 Å². The van der Waals surface area contributed by atoms with Crippen LogP contribution in [-0.4, -0.2) is 12.4 Å². The number of nitrogens with zero attached hydrogens (tertiary/aromatic N) is 1. The molecule has 2 nitrogen and oxygen atoms in total. The summed E-state index contributed by atoms with van der Waals surface area (Å²) in [6, 6.07) is 4.36. The monoisotopic (exact) mass is 381 g/mol. The van der Waals surface area contributed by atoms with Crippen LogP contribution < -0.4 is 9.88 Å². The molecule has 1 aromatic heterocycles. The van der Waals surface area contributed by atoms with E-state index in [1.807, 2.05) is 0 Å². The molecule has 0 fully saturated rings. The first-order valence-corrected chi connectivity index (χ1v) is 11.7. The van der Waals surface area contributed by atoms with Crippen molar-refractivity contribution in [2.45, 2.75) is 103 Å². The predicted molar refractivity (Wildman–Crippen MR) is 116 cm³/mol. The fraction of sp³-hybridized carbons (Fsp3) is 0.783. The van der Waals surface area contributed by atoms with Crippen LogP contribution in [-0.2, 0) is 6.54 Å². The van der Waals surface area contributed by atoms with Crippen molar-refractivity contribution in [3.63, 3.8) is 0 Å². The van der Waals surface area contributed by atoms with Gasteiger partial charge in [-0.1, -0.05) is 71.1 Å². The predicted octanol–water partition coefficient (Wildman–Crippen LogP) is 7.11. The third-order valence-corrected chi connectivity index (χ3v) is 5.28. The van der Waals surface area contributed by atoms with Gasteiger partial charge in [0.25, 0.3) is 0 Å². The quantitative estimate of drug-likeness (QED) is 0.163. The number of halogens is 1. The Morgan fingerprint density at radius 1 is 0.808 bits per heavy atom. The first-order chi connectivity index (χ1) is 12.9. The molecule has 150 valence electrons. The second-order valence-electron chi connectivity index (χ2n) is 7.54. The minimum absolute atomic E-state index is 0.824. The van der Waals surface area contributed by atoms with Gasteiger partial charge >= 0.3 is 0 Å². The summed E-state index contributed by atoms with van der Waals surface area (Å²) in [5, 5.41) is 3.58. The summed E-state index contributed by atoms with van der Waals surface area (Å²) in [4.78, 5) is 0. The third-order valence-electron chi connectivity index (χ3n) is 5.02. The molecule has 26 heavy (non-hydrogen) atoms. The summed E-state index contributed by atoms with van der Waals surface area (Å²) in [5.41, 5.74) is 1.26. The van der Waals surface area contributed by atoms with Crippen LogP contribution >= 0.6 is 11.6 Å². The minimum atomic E-state index is 0.824. The molecule has 1 N–H and O–H groups in total. The fourth-order valence-electron chi connectivity index (χ4n) is 3.35. The Balaban J connectivity index is 2.03. The molecule has 1 heterocycles. The van der Waals surface area contributed by atoms with Gasteiger partial charge in [0, 0.05) is 24.9 Å². The summed E-state index contributed by atoms with van der Waals surface area (Å²) >= 11 is 5.70. The molecule has 0 unspecified atom stereocenters. The van der Waals surface area contributed by atoms with Crippen LogP contribution in [0.5, 0.6) is 0 Å². The van der Waals surface area contributed by atoms with E-state index in [1.165, 1.54) is 95.6 Å². The number of pyridine rings is 1. The van der Waals surface area contributed by atoms with Crippen molar-refractivity contribution in [3.05, 3.63) is 24.5 Å². The van der Waals surface area contributed by atoms with Gasteiger partial charge in [0.1, 0.15) is 6.54 Å². The van der Waals surface area contributed by atoms with E-state index in [0.717, 1.165) is 19.0 Å². The number of aryl methyl sites for hydroxylation is 1. The van der Waals surface area contributed by atoms with Gasteiger partial charge in [-0.2, -0.15) is 0 Å². The van der Waals surface area contributed by atoms with E-state index >= 15 is 0 Å². The number of rotatable bonds is 18. The van der Waals surface area contributed by atoms with Crippen molar-refractivity contribution in [3.8, 4) is 0 Å². The summed E-state index contributed by atoms with van der Waals surface area (Å²) < 4.78 is 2.34. The molecule has 1 aromatic rings. The normalized spacial score (nSPS) is 11.0. The number of unbranched alkanes of at least 4 members (excludes halogenated alkanes) is 12. The second kappa shape index (κ2) is 17.6. The zero-order valence-corrected chi connectivity index (χ0v) is 17.9. The zero-order valence-electron chi connectivity index (χ0n) is 17.2. The molecule has 0 saturated carbocycles. The average Bonchev–Trinajstić information content (AvgIpc) is 2.66. The lowest BCUT2D eigenvalue weighted by Gasteiger charge is -2.06. The molecule has 0 bridgehead atoms. The molecular weight excluding hydrogens is 340 g/mol. The van der Waals surface area contributed by atoms with Gasteiger partial charge < -0.3 is 5.32 Å². The number of nitrogens with one attached hydrogen (secondary N) is 1. The Morgan fingerprint density at radius 3 is 2.12 bits per heavy atom. The second-order valence-corrected chi connectivity index (χ2v) is 7.92. The van der Waals surface area contributed by atoms with Crippen molar-refractivity contribution in [2.75, 3.05) is 17.7 Å². The number of hydrogen-bond acceptors (Lipinski definition) is 1. The van der Waals surface area contributed by atoms with E-state index in [0.29, 0.717) is 0 Å². The van der Waals surface area contributed by atoms with Gasteiger partial charge in [-0.25, -0.2) is 4.57 Å².